The Balaban J connectivity index is 1.41. The molecule has 1 aliphatic carbocycles. The maximum Gasteiger partial charge on any atom is 0.414 e. The van der Waals surface area contributed by atoms with Gasteiger partial charge in [-0.3, -0.25) is 4.90 Å². The molecule has 3 aromatic rings. The maximum atomic E-state index is 13.4. The van der Waals surface area contributed by atoms with Crippen molar-refractivity contribution in [3.8, 4) is 11.1 Å². The molecule has 1 amide bonds. The zero-order valence-corrected chi connectivity index (χ0v) is 18.2. The van der Waals surface area contributed by atoms with Crippen molar-refractivity contribution >= 4 is 17.7 Å². The van der Waals surface area contributed by atoms with Gasteiger partial charge >= 0.3 is 12.1 Å². The van der Waals surface area contributed by atoms with Gasteiger partial charge in [0.05, 0.1) is 5.56 Å². The standard InChI is InChI=1S/C27H26N2O4/c30-26(31)18-6-5-7-20(16-18)29(19-12-14-28-15-13-19)27(32)33-17-25-23-10-3-1-8-21(23)22-9-2-4-11-24(22)25/h1-11,16,19,25,28H,12-15,17H2,(H,30,31). The lowest BCUT2D eigenvalue weighted by atomic mass is 9.98. The van der Waals surface area contributed by atoms with Crippen LogP contribution in [0.3, 0.4) is 0 Å². The summed E-state index contributed by atoms with van der Waals surface area (Å²) in [5.74, 6) is -1.05. The van der Waals surface area contributed by atoms with Crippen molar-refractivity contribution in [2.45, 2.75) is 24.8 Å². The van der Waals surface area contributed by atoms with Gasteiger partial charge in [-0.05, 0) is 66.4 Å². The molecule has 0 aromatic heterocycles. The van der Waals surface area contributed by atoms with Crippen LogP contribution in [0.2, 0.25) is 0 Å². The van der Waals surface area contributed by atoms with Crippen LogP contribution in [0.1, 0.15) is 40.2 Å². The van der Waals surface area contributed by atoms with Gasteiger partial charge in [-0.15, -0.1) is 0 Å². The molecule has 33 heavy (non-hydrogen) atoms. The summed E-state index contributed by atoms with van der Waals surface area (Å²) in [5, 5.41) is 12.7. The Morgan fingerprint density at radius 2 is 1.55 bits per heavy atom. The van der Waals surface area contributed by atoms with Gasteiger partial charge < -0.3 is 15.2 Å². The molecule has 3 aromatic carbocycles. The van der Waals surface area contributed by atoms with E-state index in [-0.39, 0.29) is 24.1 Å². The van der Waals surface area contributed by atoms with E-state index >= 15 is 0 Å². The maximum absolute atomic E-state index is 13.4. The lowest BCUT2D eigenvalue weighted by Crippen LogP contribution is -2.47. The van der Waals surface area contributed by atoms with Crippen molar-refractivity contribution in [2.24, 2.45) is 0 Å². The second-order valence-corrected chi connectivity index (χ2v) is 8.51. The first kappa shape index (κ1) is 21.2. The Labute approximate surface area is 192 Å². The quantitative estimate of drug-likeness (QED) is 0.588. The van der Waals surface area contributed by atoms with Crippen LogP contribution in [0.25, 0.3) is 11.1 Å². The number of hydrogen-bond donors (Lipinski definition) is 2. The molecule has 1 aliphatic heterocycles. The predicted molar refractivity (Wildman–Crippen MR) is 127 cm³/mol. The molecule has 1 fully saturated rings. The molecular formula is C27H26N2O4. The highest BCUT2D eigenvalue weighted by atomic mass is 16.6. The van der Waals surface area contributed by atoms with E-state index in [2.05, 4.69) is 29.6 Å². The Kier molecular flexibility index (Phi) is 5.84. The first-order valence-electron chi connectivity index (χ1n) is 11.3. The van der Waals surface area contributed by atoms with Crippen LogP contribution >= 0.6 is 0 Å². The average Bonchev–Trinajstić information content (AvgIpc) is 3.17. The first-order chi connectivity index (χ1) is 16.1. The summed E-state index contributed by atoms with van der Waals surface area (Å²) in [6.07, 6.45) is 1.12. The number of ether oxygens (including phenoxy) is 1. The highest BCUT2D eigenvalue weighted by Crippen LogP contribution is 2.44. The molecule has 0 bridgehead atoms. The molecule has 0 saturated carbocycles. The van der Waals surface area contributed by atoms with Crippen LogP contribution in [-0.2, 0) is 4.74 Å². The zero-order chi connectivity index (χ0) is 22.8. The molecule has 0 unspecified atom stereocenters. The molecule has 0 atom stereocenters. The summed E-state index contributed by atoms with van der Waals surface area (Å²) in [6, 6.07) is 22.9. The lowest BCUT2D eigenvalue weighted by Gasteiger charge is -2.34. The second-order valence-electron chi connectivity index (χ2n) is 8.51. The third-order valence-corrected chi connectivity index (χ3v) is 6.58. The van der Waals surface area contributed by atoms with Crippen LogP contribution in [0, 0.1) is 0 Å². The number of rotatable bonds is 5. The second kappa shape index (κ2) is 9.08. The van der Waals surface area contributed by atoms with E-state index in [1.165, 1.54) is 17.2 Å². The molecule has 1 saturated heterocycles. The Bertz CT molecular complexity index is 1140. The van der Waals surface area contributed by atoms with Crippen LogP contribution in [-0.4, -0.2) is 42.9 Å². The molecular weight excluding hydrogens is 416 g/mol. The summed E-state index contributed by atoms with van der Waals surface area (Å²) >= 11 is 0. The number of nitrogens with zero attached hydrogens (tertiary/aromatic N) is 1. The number of benzene rings is 3. The molecule has 0 radical (unpaired) electrons. The van der Waals surface area contributed by atoms with Crippen LogP contribution in [0.15, 0.2) is 72.8 Å². The van der Waals surface area contributed by atoms with Crippen molar-refractivity contribution in [3.63, 3.8) is 0 Å². The number of fused-ring (bicyclic) bond motifs is 3. The topological polar surface area (TPSA) is 78.9 Å². The van der Waals surface area contributed by atoms with Gasteiger partial charge in [0.25, 0.3) is 0 Å². The number of carbonyl (C=O) groups excluding carboxylic acids is 1. The summed E-state index contributed by atoms with van der Waals surface area (Å²) in [6.45, 7) is 1.83. The fourth-order valence-corrected chi connectivity index (χ4v) is 4.98. The van der Waals surface area contributed by atoms with Crippen LogP contribution < -0.4 is 10.2 Å². The van der Waals surface area contributed by atoms with Gasteiger partial charge in [0.15, 0.2) is 0 Å². The van der Waals surface area contributed by atoms with E-state index in [1.54, 1.807) is 23.1 Å². The van der Waals surface area contributed by atoms with Crippen LogP contribution in [0.5, 0.6) is 0 Å². The molecule has 5 rings (SSSR count). The number of piperidine rings is 1. The van der Waals surface area contributed by atoms with E-state index in [1.807, 2.05) is 24.3 Å². The van der Waals surface area contributed by atoms with Crippen molar-refractivity contribution in [2.75, 3.05) is 24.6 Å². The third-order valence-electron chi connectivity index (χ3n) is 6.58. The Morgan fingerprint density at radius 3 is 2.18 bits per heavy atom. The summed E-state index contributed by atoms with van der Waals surface area (Å²) in [4.78, 5) is 26.6. The number of carboxylic acids is 1. The smallest absolute Gasteiger partial charge is 0.414 e. The summed E-state index contributed by atoms with van der Waals surface area (Å²) < 4.78 is 5.93. The molecule has 1 heterocycles. The predicted octanol–water partition coefficient (Wildman–Crippen LogP) is 4.89. The SMILES string of the molecule is O=C(O)c1cccc(N(C(=O)OCC2c3ccccc3-c3ccccc32)C2CCNCC2)c1. The molecule has 2 aliphatic rings. The largest absolute Gasteiger partial charge is 0.478 e. The van der Waals surface area contributed by atoms with E-state index in [0.717, 1.165) is 37.1 Å². The normalized spacial score (nSPS) is 15.5. The number of carbonyl (C=O) groups is 2. The van der Waals surface area contributed by atoms with Gasteiger partial charge in [0.1, 0.15) is 6.61 Å². The van der Waals surface area contributed by atoms with Crippen molar-refractivity contribution < 1.29 is 19.4 Å². The van der Waals surface area contributed by atoms with E-state index in [4.69, 9.17) is 4.74 Å². The number of carboxylic acid groups (broad SMARTS) is 1. The first-order valence-corrected chi connectivity index (χ1v) is 11.3. The molecule has 2 N–H and O–H groups in total. The highest BCUT2D eigenvalue weighted by molar-refractivity contribution is 5.93. The number of amides is 1. The third kappa shape index (κ3) is 4.10. The van der Waals surface area contributed by atoms with Crippen LogP contribution in [0.4, 0.5) is 10.5 Å². The summed E-state index contributed by atoms with van der Waals surface area (Å²) in [7, 11) is 0. The highest BCUT2D eigenvalue weighted by Gasteiger charge is 2.32. The Hall–Kier alpha value is -3.64. The van der Waals surface area contributed by atoms with Gasteiger partial charge in [0, 0.05) is 17.6 Å². The van der Waals surface area contributed by atoms with E-state index < -0.39 is 12.1 Å². The monoisotopic (exact) mass is 442 g/mol. The minimum Gasteiger partial charge on any atom is -0.478 e. The molecule has 0 spiro atoms. The van der Waals surface area contributed by atoms with Gasteiger partial charge in [-0.2, -0.15) is 0 Å². The number of anilines is 1. The number of aromatic carboxylic acids is 1. The lowest BCUT2D eigenvalue weighted by molar-refractivity contribution is 0.0696. The number of hydrogen-bond acceptors (Lipinski definition) is 4. The van der Waals surface area contributed by atoms with E-state index in [9.17, 15) is 14.7 Å². The molecule has 168 valence electrons. The minimum absolute atomic E-state index is 0.0263. The fraction of sp³-hybridized carbons (Fsp3) is 0.259. The van der Waals surface area contributed by atoms with Crippen molar-refractivity contribution in [1.29, 1.82) is 0 Å². The van der Waals surface area contributed by atoms with Gasteiger partial charge in [-0.25, -0.2) is 9.59 Å². The van der Waals surface area contributed by atoms with Gasteiger partial charge in [-0.1, -0.05) is 54.6 Å². The van der Waals surface area contributed by atoms with E-state index in [0.29, 0.717) is 5.69 Å². The molecule has 6 heteroatoms. The van der Waals surface area contributed by atoms with Crippen molar-refractivity contribution in [3.05, 3.63) is 89.5 Å². The average molecular weight is 443 g/mol. The molecule has 6 nitrogen and oxygen atoms in total. The summed E-state index contributed by atoms with van der Waals surface area (Å²) in [5.41, 5.74) is 5.38. The Morgan fingerprint density at radius 1 is 0.909 bits per heavy atom. The van der Waals surface area contributed by atoms with Crippen molar-refractivity contribution in [1.82, 2.24) is 5.32 Å². The minimum atomic E-state index is -1.02. The van der Waals surface area contributed by atoms with Gasteiger partial charge in [0.2, 0.25) is 0 Å². The zero-order valence-electron chi connectivity index (χ0n) is 18.2. The number of nitrogens with one attached hydrogen (secondary N) is 1. The fourth-order valence-electron chi connectivity index (χ4n) is 4.98.